The Kier molecular flexibility index (Phi) is 5.45. The molecule has 4 saturated carbocycles. The SMILES string of the molecule is CCC(C)[C@H]1CC[C@H]2[C@@H]3CC[C@@H]4C[C@H](OS(=O)(=O)O)CC[C@]4(C)[C@H]3CC[C@]12C. The molecule has 0 aromatic heterocycles. The van der Waals surface area contributed by atoms with Crippen molar-refractivity contribution in [3.05, 3.63) is 0 Å². The normalized spacial score (nSPS) is 49.8. The van der Waals surface area contributed by atoms with E-state index in [9.17, 15) is 8.42 Å². The quantitative estimate of drug-likeness (QED) is 0.586. The first kappa shape index (κ1) is 21.1. The van der Waals surface area contributed by atoms with E-state index in [1.165, 1.54) is 44.9 Å². The van der Waals surface area contributed by atoms with Crippen LogP contribution < -0.4 is 0 Å². The number of fused-ring (bicyclic) bond motifs is 5. The lowest BCUT2D eigenvalue weighted by molar-refractivity contribution is -0.126. The Hall–Kier alpha value is -0.130. The summed E-state index contributed by atoms with van der Waals surface area (Å²) in [6, 6.07) is 0. The molecule has 5 heteroatoms. The van der Waals surface area contributed by atoms with Gasteiger partial charge in [-0.3, -0.25) is 4.55 Å². The third-order valence-corrected chi connectivity index (χ3v) is 10.8. The largest absolute Gasteiger partial charge is 0.397 e. The van der Waals surface area contributed by atoms with E-state index in [0.29, 0.717) is 16.7 Å². The molecule has 4 nitrogen and oxygen atoms in total. The van der Waals surface area contributed by atoms with Crippen LogP contribution in [0.1, 0.15) is 91.9 Å². The van der Waals surface area contributed by atoms with Gasteiger partial charge >= 0.3 is 10.4 Å². The van der Waals surface area contributed by atoms with Gasteiger partial charge in [-0.25, -0.2) is 4.18 Å². The predicted molar refractivity (Wildman–Crippen MR) is 111 cm³/mol. The third-order valence-electron chi connectivity index (χ3n) is 10.3. The summed E-state index contributed by atoms with van der Waals surface area (Å²) in [5.41, 5.74) is 0.850. The molecule has 0 aromatic rings. The highest BCUT2D eigenvalue weighted by molar-refractivity contribution is 7.80. The van der Waals surface area contributed by atoms with E-state index in [-0.39, 0.29) is 6.10 Å². The summed E-state index contributed by atoms with van der Waals surface area (Å²) in [7, 11) is -4.34. The summed E-state index contributed by atoms with van der Waals surface area (Å²) < 4.78 is 36.4. The van der Waals surface area contributed by atoms with Crippen molar-refractivity contribution >= 4 is 10.4 Å². The van der Waals surface area contributed by atoms with Crippen molar-refractivity contribution in [2.24, 2.45) is 46.3 Å². The van der Waals surface area contributed by atoms with Crippen molar-refractivity contribution in [3.8, 4) is 0 Å². The molecular weight excluding hydrogens is 372 g/mol. The van der Waals surface area contributed by atoms with Crippen LogP contribution in [0.5, 0.6) is 0 Å². The van der Waals surface area contributed by atoms with Crippen LogP contribution in [0.2, 0.25) is 0 Å². The Morgan fingerprint density at radius 1 is 1.00 bits per heavy atom. The smallest absolute Gasteiger partial charge is 0.264 e. The van der Waals surface area contributed by atoms with Crippen LogP contribution in [0.3, 0.4) is 0 Å². The van der Waals surface area contributed by atoms with E-state index >= 15 is 0 Å². The van der Waals surface area contributed by atoms with Gasteiger partial charge < -0.3 is 0 Å². The fraction of sp³-hybridized carbons (Fsp3) is 1.00. The van der Waals surface area contributed by atoms with Crippen LogP contribution in [-0.2, 0) is 14.6 Å². The highest BCUT2D eigenvalue weighted by Crippen LogP contribution is 2.68. The maximum atomic E-state index is 11.2. The molecule has 0 aliphatic heterocycles. The summed E-state index contributed by atoms with van der Waals surface area (Å²) in [6.45, 7) is 9.93. The molecule has 4 rings (SSSR count). The van der Waals surface area contributed by atoms with Crippen molar-refractivity contribution in [1.82, 2.24) is 0 Å². The molecule has 28 heavy (non-hydrogen) atoms. The highest BCUT2D eigenvalue weighted by Gasteiger charge is 2.60. The van der Waals surface area contributed by atoms with Gasteiger partial charge in [0, 0.05) is 0 Å². The average molecular weight is 413 g/mol. The van der Waals surface area contributed by atoms with Gasteiger partial charge in [0.2, 0.25) is 0 Å². The molecule has 4 aliphatic carbocycles. The van der Waals surface area contributed by atoms with E-state index < -0.39 is 10.4 Å². The molecule has 0 amide bonds. The fourth-order valence-corrected chi connectivity index (χ4v) is 9.26. The summed E-state index contributed by atoms with van der Waals surface area (Å²) in [4.78, 5) is 0. The number of hydrogen-bond donors (Lipinski definition) is 1. The zero-order valence-corrected chi connectivity index (χ0v) is 19.0. The van der Waals surface area contributed by atoms with Crippen LogP contribution in [0.25, 0.3) is 0 Å². The second-order valence-electron chi connectivity index (χ2n) is 11.2. The van der Waals surface area contributed by atoms with Gasteiger partial charge in [0.05, 0.1) is 6.10 Å². The summed E-state index contributed by atoms with van der Waals surface area (Å²) >= 11 is 0. The Labute approximate surface area is 172 Å². The van der Waals surface area contributed by atoms with E-state index in [4.69, 9.17) is 8.74 Å². The summed E-state index contributed by atoms with van der Waals surface area (Å²) in [5, 5.41) is 0. The molecule has 0 heterocycles. The minimum Gasteiger partial charge on any atom is -0.264 e. The molecule has 4 aliphatic rings. The average Bonchev–Trinajstić information content (AvgIpc) is 2.97. The molecular formula is C23H40O4S. The standard InChI is InChI=1S/C23H40O4S/c1-5-15(2)19-8-9-20-18-7-6-16-14-17(27-28(24,25)26)10-12-22(16,3)21(18)11-13-23(19,20)4/h15-21H,5-14H2,1-4H3,(H,24,25,26)/t15?,16-,17-,18+,19-,20+,21+,22+,23-/m1/s1. The molecule has 1 unspecified atom stereocenters. The van der Waals surface area contributed by atoms with Crippen molar-refractivity contribution in [2.45, 2.75) is 98.0 Å². The van der Waals surface area contributed by atoms with Gasteiger partial charge in [-0.2, -0.15) is 8.42 Å². The maximum Gasteiger partial charge on any atom is 0.397 e. The first-order valence-corrected chi connectivity index (χ1v) is 13.1. The van der Waals surface area contributed by atoms with Crippen LogP contribution in [0.15, 0.2) is 0 Å². The molecule has 0 spiro atoms. The molecule has 9 atom stereocenters. The molecule has 0 saturated heterocycles. The van der Waals surface area contributed by atoms with Gasteiger partial charge in [0.25, 0.3) is 0 Å². The highest BCUT2D eigenvalue weighted by atomic mass is 32.3. The molecule has 0 aromatic carbocycles. The van der Waals surface area contributed by atoms with Crippen LogP contribution in [0, 0.1) is 46.3 Å². The topological polar surface area (TPSA) is 63.6 Å². The minimum atomic E-state index is -4.34. The van der Waals surface area contributed by atoms with Crippen molar-refractivity contribution < 1.29 is 17.2 Å². The van der Waals surface area contributed by atoms with Crippen LogP contribution in [0.4, 0.5) is 0 Å². The molecule has 0 radical (unpaired) electrons. The number of rotatable bonds is 4. The van der Waals surface area contributed by atoms with Gasteiger partial charge in [-0.15, -0.1) is 0 Å². The lowest BCUT2D eigenvalue weighted by atomic mass is 9.44. The van der Waals surface area contributed by atoms with Gasteiger partial charge in [0.15, 0.2) is 0 Å². The van der Waals surface area contributed by atoms with Crippen LogP contribution >= 0.6 is 0 Å². The first-order chi connectivity index (χ1) is 13.1. The van der Waals surface area contributed by atoms with E-state index in [1.54, 1.807) is 0 Å². The second kappa shape index (κ2) is 7.23. The first-order valence-electron chi connectivity index (χ1n) is 11.7. The van der Waals surface area contributed by atoms with E-state index in [2.05, 4.69) is 27.7 Å². The Bertz CT molecular complexity index is 691. The van der Waals surface area contributed by atoms with E-state index in [0.717, 1.165) is 48.9 Å². The third kappa shape index (κ3) is 3.37. The lowest BCUT2D eigenvalue weighted by Gasteiger charge is -2.61. The van der Waals surface area contributed by atoms with Gasteiger partial charge in [-0.1, -0.05) is 34.1 Å². The molecule has 4 fully saturated rings. The lowest BCUT2D eigenvalue weighted by Crippen LogP contribution is -2.54. The molecule has 162 valence electrons. The van der Waals surface area contributed by atoms with Crippen LogP contribution in [-0.4, -0.2) is 19.1 Å². The van der Waals surface area contributed by atoms with E-state index in [1.807, 2.05) is 0 Å². The summed E-state index contributed by atoms with van der Waals surface area (Å²) in [6.07, 6.45) is 11.6. The zero-order valence-electron chi connectivity index (χ0n) is 18.2. The monoisotopic (exact) mass is 412 g/mol. The molecule has 1 N–H and O–H groups in total. The maximum absolute atomic E-state index is 11.2. The summed E-state index contributed by atoms with van der Waals surface area (Å²) in [5.74, 6) is 4.79. The van der Waals surface area contributed by atoms with Crippen molar-refractivity contribution in [2.75, 3.05) is 0 Å². The Balaban J connectivity index is 1.52. The Morgan fingerprint density at radius 2 is 1.68 bits per heavy atom. The number of hydrogen-bond acceptors (Lipinski definition) is 3. The molecule has 0 bridgehead atoms. The predicted octanol–water partition coefficient (Wildman–Crippen LogP) is 5.88. The minimum absolute atomic E-state index is 0.317. The second-order valence-corrected chi connectivity index (χ2v) is 12.2. The van der Waals surface area contributed by atoms with Crippen molar-refractivity contribution in [1.29, 1.82) is 0 Å². The zero-order chi connectivity index (χ0) is 20.3. The van der Waals surface area contributed by atoms with Crippen molar-refractivity contribution in [3.63, 3.8) is 0 Å². The fourth-order valence-electron chi connectivity index (χ4n) is 8.74. The van der Waals surface area contributed by atoms with Gasteiger partial charge in [0.1, 0.15) is 0 Å². The van der Waals surface area contributed by atoms with Gasteiger partial charge in [-0.05, 0) is 104 Å². The Morgan fingerprint density at radius 3 is 2.36 bits per heavy atom.